The van der Waals surface area contributed by atoms with Crippen LogP contribution in [0.25, 0.3) is 0 Å². The third-order valence-electron chi connectivity index (χ3n) is 4.98. The van der Waals surface area contributed by atoms with Crippen molar-refractivity contribution in [3.8, 4) is 0 Å². The molecule has 1 aliphatic heterocycles. The van der Waals surface area contributed by atoms with E-state index in [0.29, 0.717) is 11.4 Å². The van der Waals surface area contributed by atoms with Gasteiger partial charge in [0.25, 0.3) is 0 Å². The fourth-order valence-electron chi connectivity index (χ4n) is 3.17. The average Bonchev–Trinajstić information content (AvgIpc) is 2.96. The molecule has 1 fully saturated rings. The molecule has 5 heteroatoms. The van der Waals surface area contributed by atoms with Crippen molar-refractivity contribution in [3.05, 3.63) is 27.8 Å². The zero-order valence-corrected chi connectivity index (χ0v) is 15.1. The van der Waals surface area contributed by atoms with Crippen molar-refractivity contribution in [3.63, 3.8) is 0 Å². The van der Waals surface area contributed by atoms with Crippen LogP contribution in [0, 0.1) is 34.6 Å². The summed E-state index contributed by atoms with van der Waals surface area (Å²) in [7, 11) is -3.48. The van der Waals surface area contributed by atoms with Crippen LogP contribution in [0.15, 0.2) is 4.90 Å². The summed E-state index contributed by atoms with van der Waals surface area (Å²) >= 11 is 0. The molecule has 0 unspecified atom stereocenters. The van der Waals surface area contributed by atoms with Gasteiger partial charge in [0.05, 0.1) is 11.0 Å². The molecular formula is C17H27NO3S. The number of ether oxygens (including phenoxy) is 1. The van der Waals surface area contributed by atoms with Gasteiger partial charge in [0.2, 0.25) is 10.0 Å². The van der Waals surface area contributed by atoms with Gasteiger partial charge in [0.1, 0.15) is 0 Å². The molecule has 22 heavy (non-hydrogen) atoms. The highest BCUT2D eigenvalue weighted by molar-refractivity contribution is 7.89. The van der Waals surface area contributed by atoms with Crippen molar-refractivity contribution in [1.82, 2.24) is 4.72 Å². The van der Waals surface area contributed by atoms with Crippen LogP contribution in [0.4, 0.5) is 0 Å². The zero-order chi connectivity index (χ0) is 16.5. The summed E-state index contributed by atoms with van der Waals surface area (Å²) in [4.78, 5) is 0.445. The van der Waals surface area contributed by atoms with E-state index in [1.165, 1.54) is 5.56 Å². The topological polar surface area (TPSA) is 55.4 Å². The highest BCUT2D eigenvalue weighted by atomic mass is 32.2. The van der Waals surface area contributed by atoms with Crippen molar-refractivity contribution >= 4 is 10.0 Å². The van der Waals surface area contributed by atoms with Crippen LogP contribution < -0.4 is 4.72 Å². The molecule has 0 spiro atoms. The zero-order valence-electron chi connectivity index (χ0n) is 14.2. The van der Waals surface area contributed by atoms with Crippen molar-refractivity contribution in [2.24, 2.45) is 0 Å². The van der Waals surface area contributed by atoms with Crippen LogP contribution in [-0.2, 0) is 14.8 Å². The van der Waals surface area contributed by atoms with Gasteiger partial charge in [0.15, 0.2) is 0 Å². The second-order valence-corrected chi connectivity index (χ2v) is 7.98. The highest BCUT2D eigenvalue weighted by Gasteiger charge is 2.24. The Morgan fingerprint density at radius 3 is 2.05 bits per heavy atom. The number of rotatable bonds is 5. The molecular weight excluding hydrogens is 298 g/mol. The van der Waals surface area contributed by atoms with Gasteiger partial charge < -0.3 is 4.74 Å². The molecule has 0 amide bonds. The summed E-state index contributed by atoms with van der Waals surface area (Å²) in [6.45, 7) is 11.0. The first-order chi connectivity index (χ1) is 10.3. The highest BCUT2D eigenvalue weighted by Crippen LogP contribution is 2.29. The first kappa shape index (κ1) is 17.4. The van der Waals surface area contributed by atoms with Gasteiger partial charge in [-0.05, 0) is 81.7 Å². The summed E-state index contributed by atoms with van der Waals surface area (Å²) in [6, 6.07) is 0. The van der Waals surface area contributed by atoms with E-state index < -0.39 is 10.0 Å². The summed E-state index contributed by atoms with van der Waals surface area (Å²) in [5.74, 6) is 0. The lowest BCUT2D eigenvalue weighted by Gasteiger charge is -2.19. The van der Waals surface area contributed by atoms with E-state index in [1.807, 2.05) is 34.6 Å². The number of nitrogens with one attached hydrogen (secondary N) is 1. The Balaban J connectivity index is 2.22. The van der Waals surface area contributed by atoms with E-state index in [-0.39, 0.29) is 6.10 Å². The molecule has 4 nitrogen and oxygen atoms in total. The molecule has 0 aliphatic carbocycles. The van der Waals surface area contributed by atoms with Crippen LogP contribution in [-0.4, -0.2) is 27.7 Å². The lowest BCUT2D eigenvalue weighted by atomic mass is 9.95. The average molecular weight is 325 g/mol. The maximum absolute atomic E-state index is 12.7. The van der Waals surface area contributed by atoms with Gasteiger partial charge >= 0.3 is 0 Å². The predicted molar refractivity (Wildman–Crippen MR) is 88.9 cm³/mol. The van der Waals surface area contributed by atoms with Gasteiger partial charge in [-0.1, -0.05) is 0 Å². The molecule has 1 heterocycles. The molecule has 1 aromatic carbocycles. The van der Waals surface area contributed by atoms with E-state index in [4.69, 9.17) is 4.74 Å². The van der Waals surface area contributed by atoms with Crippen LogP contribution in [0.3, 0.4) is 0 Å². The third kappa shape index (κ3) is 3.36. The Kier molecular flexibility index (Phi) is 5.30. The number of hydrogen-bond acceptors (Lipinski definition) is 3. The molecule has 1 N–H and O–H groups in total. The van der Waals surface area contributed by atoms with Crippen molar-refractivity contribution in [2.75, 3.05) is 13.2 Å². The van der Waals surface area contributed by atoms with Gasteiger partial charge in [-0.3, -0.25) is 0 Å². The van der Waals surface area contributed by atoms with Crippen LogP contribution >= 0.6 is 0 Å². The summed E-state index contributed by atoms with van der Waals surface area (Å²) in [5.41, 5.74) is 4.99. The predicted octanol–water partition coefficient (Wildman–Crippen LogP) is 3.08. The second-order valence-electron chi connectivity index (χ2n) is 6.28. The number of hydrogen-bond donors (Lipinski definition) is 1. The maximum atomic E-state index is 12.7. The SMILES string of the molecule is Cc1c(C)c(C)c(S(=O)(=O)NCC[C@H]2CCCO2)c(C)c1C. The Hall–Kier alpha value is -0.910. The Labute approximate surface area is 134 Å². The first-order valence-electron chi connectivity index (χ1n) is 7.94. The minimum atomic E-state index is -3.48. The normalized spacial score (nSPS) is 18.9. The summed E-state index contributed by atoms with van der Waals surface area (Å²) < 4.78 is 33.7. The quantitative estimate of drug-likeness (QED) is 0.905. The fraction of sp³-hybridized carbons (Fsp3) is 0.647. The van der Waals surface area contributed by atoms with E-state index in [1.54, 1.807) is 0 Å². The largest absolute Gasteiger partial charge is 0.378 e. The summed E-state index contributed by atoms with van der Waals surface area (Å²) in [5, 5.41) is 0. The first-order valence-corrected chi connectivity index (χ1v) is 9.42. The second kappa shape index (κ2) is 6.69. The summed E-state index contributed by atoms with van der Waals surface area (Å²) in [6.07, 6.45) is 3.04. The van der Waals surface area contributed by atoms with Gasteiger partial charge in [-0.15, -0.1) is 0 Å². The standard InChI is InChI=1S/C17H27NO3S/c1-11-12(2)14(4)17(15(5)13(11)3)22(19,20)18-9-8-16-7-6-10-21-16/h16,18H,6-10H2,1-5H3/t16-/m1/s1. The lowest BCUT2D eigenvalue weighted by molar-refractivity contribution is 0.105. The minimum Gasteiger partial charge on any atom is -0.378 e. The molecule has 0 saturated carbocycles. The molecule has 0 radical (unpaired) electrons. The monoisotopic (exact) mass is 325 g/mol. The Morgan fingerprint density at radius 2 is 1.55 bits per heavy atom. The van der Waals surface area contributed by atoms with E-state index in [2.05, 4.69) is 4.72 Å². The van der Waals surface area contributed by atoms with E-state index in [9.17, 15) is 8.42 Å². The molecule has 124 valence electrons. The van der Waals surface area contributed by atoms with E-state index >= 15 is 0 Å². The molecule has 1 atom stereocenters. The molecule has 2 rings (SSSR count). The van der Waals surface area contributed by atoms with Gasteiger partial charge in [-0.25, -0.2) is 13.1 Å². The fourth-order valence-corrected chi connectivity index (χ4v) is 4.81. The third-order valence-corrected chi connectivity index (χ3v) is 6.72. The van der Waals surface area contributed by atoms with Crippen molar-refractivity contribution in [1.29, 1.82) is 0 Å². The minimum absolute atomic E-state index is 0.200. The van der Waals surface area contributed by atoms with Crippen molar-refractivity contribution in [2.45, 2.75) is 64.9 Å². The number of benzene rings is 1. The Morgan fingerprint density at radius 1 is 1.00 bits per heavy atom. The van der Waals surface area contributed by atoms with Crippen LogP contribution in [0.5, 0.6) is 0 Å². The lowest BCUT2D eigenvalue weighted by Crippen LogP contribution is -2.29. The van der Waals surface area contributed by atoms with E-state index in [0.717, 1.165) is 48.1 Å². The molecule has 1 aliphatic rings. The Bertz CT molecular complexity index is 630. The molecule has 1 aromatic rings. The molecule has 0 aromatic heterocycles. The number of sulfonamides is 1. The van der Waals surface area contributed by atoms with Crippen LogP contribution in [0.1, 0.15) is 47.1 Å². The van der Waals surface area contributed by atoms with Crippen molar-refractivity contribution < 1.29 is 13.2 Å². The smallest absolute Gasteiger partial charge is 0.241 e. The van der Waals surface area contributed by atoms with Crippen LogP contribution in [0.2, 0.25) is 0 Å². The van der Waals surface area contributed by atoms with Gasteiger partial charge in [0, 0.05) is 13.2 Å². The molecule has 1 saturated heterocycles. The maximum Gasteiger partial charge on any atom is 0.241 e. The van der Waals surface area contributed by atoms with Gasteiger partial charge in [-0.2, -0.15) is 0 Å². The molecule has 0 bridgehead atoms.